The molecule has 0 saturated heterocycles. The van der Waals surface area contributed by atoms with Gasteiger partial charge in [-0.05, 0) is 25.0 Å². The Hall–Kier alpha value is -1.65. The number of rotatable bonds is 0. The maximum atomic E-state index is 5.72. The number of nitrogens with two attached hydrogens (primary N) is 1. The van der Waals surface area contributed by atoms with Gasteiger partial charge in [-0.25, -0.2) is 0 Å². The van der Waals surface area contributed by atoms with E-state index in [1.807, 2.05) is 31.4 Å². The second-order valence-corrected chi connectivity index (χ2v) is 3.16. The van der Waals surface area contributed by atoms with Gasteiger partial charge in [-0.2, -0.15) is 4.40 Å². The van der Waals surface area contributed by atoms with Gasteiger partial charge in [-0.1, -0.05) is 0 Å². The van der Waals surface area contributed by atoms with Crippen LogP contribution in [0, 0.1) is 13.8 Å². The monoisotopic (exact) mass is 178 g/mol. The molecule has 0 aliphatic carbocycles. The second-order valence-electron chi connectivity index (χ2n) is 3.16. The molecule has 5 nitrogen and oxygen atoms in total. The first kappa shape index (κ1) is 7.97. The van der Waals surface area contributed by atoms with Crippen LogP contribution in [0.15, 0.2) is 6.07 Å². The van der Waals surface area contributed by atoms with Crippen LogP contribution in [0.4, 0.5) is 5.95 Å². The molecule has 2 aromatic rings. The van der Waals surface area contributed by atoms with E-state index in [-0.39, 0.29) is 0 Å². The van der Waals surface area contributed by atoms with Crippen LogP contribution in [0.3, 0.4) is 0 Å². The summed E-state index contributed by atoms with van der Waals surface area (Å²) >= 11 is 0. The zero-order valence-corrected chi connectivity index (χ0v) is 7.94. The van der Waals surface area contributed by atoms with Crippen molar-refractivity contribution in [3.8, 4) is 0 Å². The summed E-state index contributed by atoms with van der Waals surface area (Å²) < 4.78 is 3.50. The Kier molecular flexibility index (Phi) is 1.48. The molecule has 0 bridgehead atoms. The highest BCUT2D eigenvalue weighted by Crippen LogP contribution is 2.01. The fraction of sp³-hybridized carbons (Fsp3) is 0.375. The highest BCUT2D eigenvalue weighted by atomic mass is 15.4. The van der Waals surface area contributed by atoms with E-state index in [4.69, 9.17) is 5.73 Å². The van der Waals surface area contributed by atoms with E-state index >= 15 is 0 Å². The molecular weight excluding hydrogens is 166 g/mol. The molecule has 2 rings (SSSR count). The average Bonchev–Trinajstić information content (AvgIpc) is 2.27. The molecule has 0 atom stereocenters. The lowest BCUT2D eigenvalue weighted by Gasteiger charge is -1.95. The molecule has 2 N–H and O–H groups in total. The molecule has 0 fully saturated rings. The standard InChI is InChI=1S/C8H12N5/c1-5-4-6(2)13-7(9)11-12(3)8(13)10-5/h4H,1-3H3,(H2,9,11)/q+1. The van der Waals surface area contributed by atoms with Crippen molar-refractivity contribution >= 4 is 11.7 Å². The Morgan fingerprint density at radius 3 is 2.85 bits per heavy atom. The minimum absolute atomic E-state index is 0.475. The zero-order valence-electron chi connectivity index (χ0n) is 7.94. The Morgan fingerprint density at radius 2 is 2.15 bits per heavy atom. The predicted molar refractivity (Wildman–Crippen MR) is 48.0 cm³/mol. The third-order valence-electron chi connectivity index (χ3n) is 2.02. The van der Waals surface area contributed by atoms with Crippen LogP contribution >= 0.6 is 0 Å². The second kappa shape index (κ2) is 2.42. The van der Waals surface area contributed by atoms with E-state index < -0.39 is 0 Å². The van der Waals surface area contributed by atoms with Crippen molar-refractivity contribution in [2.45, 2.75) is 13.8 Å². The van der Waals surface area contributed by atoms with Crippen molar-refractivity contribution < 1.29 is 4.40 Å². The molecule has 2 aromatic heterocycles. The predicted octanol–water partition coefficient (Wildman–Crippen LogP) is -0.247. The zero-order chi connectivity index (χ0) is 9.59. The van der Waals surface area contributed by atoms with Crippen molar-refractivity contribution in [3.63, 3.8) is 0 Å². The van der Waals surface area contributed by atoms with Crippen LogP contribution in [-0.2, 0) is 7.05 Å². The lowest BCUT2D eigenvalue weighted by Crippen LogP contribution is -2.29. The number of hydrogen-bond acceptors (Lipinski definition) is 3. The minimum atomic E-state index is 0.475. The third kappa shape index (κ3) is 1.04. The normalized spacial score (nSPS) is 11.0. The van der Waals surface area contributed by atoms with E-state index in [1.165, 1.54) is 0 Å². The van der Waals surface area contributed by atoms with Crippen molar-refractivity contribution in [1.82, 2.24) is 14.8 Å². The number of nitrogens with zero attached hydrogens (tertiary/aromatic N) is 4. The molecule has 0 amide bonds. The Balaban J connectivity index is 2.97. The highest BCUT2D eigenvalue weighted by molar-refractivity contribution is 5.25. The van der Waals surface area contributed by atoms with Crippen LogP contribution in [0.25, 0.3) is 5.78 Å². The van der Waals surface area contributed by atoms with Gasteiger partial charge >= 0.3 is 11.7 Å². The molecule has 0 aliphatic heterocycles. The molecule has 68 valence electrons. The van der Waals surface area contributed by atoms with Crippen LogP contribution in [0.5, 0.6) is 0 Å². The van der Waals surface area contributed by atoms with E-state index in [9.17, 15) is 0 Å². The molecule has 0 aliphatic rings. The molecule has 0 radical (unpaired) electrons. The van der Waals surface area contributed by atoms with Gasteiger partial charge in [0.25, 0.3) is 0 Å². The molecule has 0 unspecified atom stereocenters. The van der Waals surface area contributed by atoms with Crippen molar-refractivity contribution in [3.05, 3.63) is 17.5 Å². The summed E-state index contributed by atoms with van der Waals surface area (Å²) in [6.07, 6.45) is 0. The molecule has 0 spiro atoms. The Labute approximate surface area is 75.8 Å². The number of nitrogen functional groups attached to an aromatic ring is 1. The maximum absolute atomic E-state index is 5.72. The summed E-state index contributed by atoms with van der Waals surface area (Å²) in [6, 6.07) is 1.98. The SMILES string of the molecule is Cc1cc(C)[n+]2c(N)nn(C)c2n1. The topological polar surface area (TPSA) is 60.8 Å². The fourth-order valence-electron chi connectivity index (χ4n) is 1.51. The van der Waals surface area contributed by atoms with E-state index in [0.717, 1.165) is 17.2 Å². The molecule has 0 saturated carbocycles. The largest absolute Gasteiger partial charge is 0.358 e. The molecule has 0 aromatic carbocycles. The van der Waals surface area contributed by atoms with Gasteiger partial charge in [-0.15, -0.1) is 9.67 Å². The van der Waals surface area contributed by atoms with Crippen LogP contribution < -0.4 is 10.1 Å². The Bertz CT molecular complexity index is 471. The summed E-state index contributed by atoms with van der Waals surface area (Å²) in [5, 5.41) is 4.09. The first-order valence-electron chi connectivity index (χ1n) is 4.08. The van der Waals surface area contributed by atoms with Gasteiger partial charge in [0.1, 0.15) is 0 Å². The van der Waals surface area contributed by atoms with Crippen LogP contribution in [-0.4, -0.2) is 14.8 Å². The summed E-state index contributed by atoms with van der Waals surface area (Å²) in [4.78, 5) is 4.34. The summed E-state index contributed by atoms with van der Waals surface area (Å²) in [5.41, 5.74) is 7.74. The molecule has 13 heavy (non-hydrogen) atoms. The smallest absolute Gasteiger partial charge is 0.317 e. The summed E-state index contributed by atoms with van der Waals surface area (Å²) in [5.74, 6) is 1.25. The van der Waals surface area contributed by atoms with Gasteiger partial charge in [0.15, 0.2) is 0 Å². The number of aromatic nitrogens is 4. The quantitative estimate of drug-likeness (QED) is 0.566. The maximum Gasteiger partial charge on any atom is 0.358 e. The fourth-order valence-corrected chi connectivity index (χ4v) is 1.51. The number of fused-ring (bicyclic) bond motifs is 1. The average molecular weight is 178 g/mol. The summed E-state index contributed by atoms with van der Waals surface area (Å²) in [7, 11) is 1.83. The minimum Gasteiger partial charge on any atom is -0.317 e. The van der Waals surface area contributed by atoms with Gasteiger partial charge in [0, 0.05) is 0 Å². The summed E-state index contributed by atoms with van der Waals surface area (Å²) in [6.45, 7) is 3.94. The lowest BCUT2D eigenvalue weighted by atomic mass is 10.3. The van der Waals surface area contributed by atoms with Crippen molar-refractivity contribution in [2.24, 2.45) is 7.05 Å². The van der Waals surface area contributed by atoms with Crippen LogP contribution in [0.1, 0.15) is 11.4 Å². The van der Waals surface area contributed by atoms with Crippen LogP contribution in [0.2, 0.25) is 0 Å². The van der Waals surface area contributed by atoms with E-state index in [2.05, 4.69) is 10.1 Å². The van der Waals surface area contributed by atoms with Crippen molar-refractivity contribution in [2.75, 3.05) is 5.73 Å². The number of anilines is 1. The van der Waals surface area contributed by atoms with Gasteiger partial charge in [0.05, 0.1) is 18.4 Å². The number of aryl methyl sites for hydroxylation is 3. The van der Waals surface area contributed by atoms with E-state index in [0.29, 0.717) is 5.95 Å². The first-order valence-corrected chi connectivity index (χ1v) is 4.08. The molecule has 2 heterocycles. The van der Waals surface area contributed by atoms with Gasteiger partial charge < -0.3 is 5.73 Å². The Morgan fingerprint density at radius 1 is 1.46 bits per heavy atom. The van der Waals surface area contributed by atoms with Gasteiger partial charge in [-0.3, -0.25) is 0 Å². The van der Waals surface area contributed by atoms with Gasteiger partial charge in [0.2, 0.25) is 0 Å². The third-order valence-corrected chi connectivity index (χ3v) is 2.02. The molecule has 5 heteroatoms. The molecular formula is C8H12N5+. The number of hydrogen-bond donors (Lipinski definition) is 1. The van der Waals surface area contributed by atoms with E-state index in [1.54, 1.807) is 4.68 Å². The highest BCUT2D eigenvalue weighted by Gasteiger charge is 2.15. The lowest BCUT2D eigenvalue weighted by molar-refractivity contribution is -0.507. The first-order chi connectivity index (χ1) is 6.09. The van der Waals surface area contributed by atoms with Crippen molar-refractivity contribution in [1.29, 1.82) is 0 Å².